The lowest BCUT2D eigenvalue weighted by Crippen LogP contribution is -2.45. The van der Waals surface area contributed by atoms with E-state index in [9.17, 15) is 5.11 Å². The highest BCUT2D eigenvalue weighted by Gasteiger charge is 2.21. The van der Waals surface area contributed by atoms with Gasteiger partial charge in [0.15, 0.2) is 0 Å². The molecule has 0 heterocycles. The van der Waals surface area contributed by atoms with Crippen LogP contribution in [-0.2, 0) is 6.42 Å². The van der Waals surface area contributed by atoms with Gasteiger partial charge < -0.3 is 15.2 Å². The van der Waals surface area contributed by atoms with Crippen molar-refractivity contribution in [3.63, 3.8) is 0 Å². The molecule has 3 heteroatoms. The van der Waals surface area contributed by atoms with E-state index in [0.29, 0.717) is 0 Å². The van der Waals surface area contributed by atoms with Crippen LogP contribution in [0.1, 0.15) is 25.8 Å². The van der Waals surface area contributed by atoms with Crippen molar-refractivity contribution in [1.29, 1.82) is 0 Å². The van der Waals surface area contributed by atoms with Gasteiger partial charge in [-0.15, -0.1) is 0 Å². The maximum absolute atomic E-state index is 9.39. The molecule has 1 aromatic carbocycles. The van der Waals surface area contributed by atoms with Crippen LogP contribution in [0.5, 0.6) is 5.75 Å². The molecule has 1 rings (SSSR count). The smallest absolute Gasteiger partial charge is 0.118 e. The number of aliphatic hydroxyl groups is 1. The van der Waals surface area contributed by atoms with E-state index in [4.69, 9.17) is 4.74 Å². The molecule has 1 unspecified atom stereocenters. The summed E-state index contributed by atoms with van der Waals surface area (Å²) in [6.45, 7) is 5.15. The highest BCUT2D eigenvalue weighted by molar-refractivity contribution is 5.27. The van der Waals surface area contributed by atoms with Gasteiger partial charge in [0, 0.05) is 5.54 Å². The first kappa shape index (κ1) is 14.0. The molecule has 0 radical (unpaired) electrons. The maximum Gasteiger partial charge on any atom is 0.118 e. The number of methoxy groups -OCH3 is 1. The van der Waals surface area contributed by atoms with Crippen molar-refractivity contribution in [1.82, 2.24) is 5.32 Å². The van der Waals surface area contributed by atoms with Crippen LogP contribution in [0.3, 0.4) is 0 Å². The van der Waals surface area contributed by atoms with E-state index in [2.05, 4.69) is 31.3 Å². The number of ether oxygens (including phenoxy) is 1. The summed E-state index contributed by atoms with van der Waals surface area (Å²) in [6.07, 6.45) is 1.87. The van der Waals surface area contributed by atoms with Crippen LogP contribution in [0, 0.1) is 0 Å². The molecule has 1 atom stereocenters. The van der Waals surface area contributed by atoms with E-state index < -0.39 is 0 Å². The van der Waals surface area contributed by atoms with Gasteiger partial charge in [0.2, 0.25) is 0 Å². The Morgan fingerprint density at radius 1 is 1.29 bits per heavy atom. The zero-order valence-corrected chi connectivity index (χ0v) is 11.0. The molecule has 3 nitrogen and oxygen atoms in total. The third-order valence-corrected chi connectivity index (χ3v) is 3.08. The summed E-state index contributed by atoms with van der Waals surface area (Å²) in [7, 11) is 1.67. The van der Waals surface area contributed by atoms with Crippen LogP contribution in [0.4, 0.5) is 0 Å². The summed E-state index contributed by atoms with van der Waals surface area (Å²) in [5.41, 5.74) is 1.08. The van der Waals surface area contributed by atoms with E-state index in [1.54, 1.807) is 7.11 Å². The number of rotatable bonds is 7. The van der Waals surface area contributed by atoms with Crippen LogP contribution in [0.25, 0.3) is 0 Å². The van der Waals surface area contributed by atoms with Crippen molar-refractivity contribution >= 4 is 0 Å². The number of hydrogen-bond acceptors (Lipinski definition) is 3. The van der Waals surface area contributed by atoms with Crippen molar-refractivity contribution in [2.24, 2.45) is 0 Å². The summed E-state index contributed by atoms with van der Waals surface area (Å²) in [4.78, 5) is 0. The predicted octanol–water partition coefficient (Wildman–Crippen LogP) is 1.99. The van der Waals surface area contributed by atoms with E-state index >= 15 is 0 Å². The van der Waals surface area contributed by atoms with Crippen molar-refractivity contribution in [3.8, 4) is 5.75 Å². The van der Waals surface area contributed by atoms with Gasteiger partial charge in [0.1, 0.15) is 5.75 Å². The van der Waals surface area contributed by atoms with E-state index in [1.807, 2.05) is 12.1 Å². The Hall–Kier alpha value is -1.06. The number of hydrogen-bond donors (Lipinski definition) is 2. The number of nitrogens with one attached hydrogen (secondary N) is 1. The average Bonchev–Trinajstić information content (AvgIpc) is 2.37. The first-order valence-electron chi connectivity index (χ1n) is 6.12. The number of aliphatic hydroxyl groups excluding tert-OH is 1. The highest BCUT2D eigenvalue weighted by atomic mass is 16.5. The summed E-state index contributed by atoms with van der Waals surface area (Å²) in [5, 5.41) is 12.7. The molecule has 96 valence electrons. The Balaban J connectivity index is 2.53. The molecule has 0 saturated carbocycles. The molecule has 0 bridgehead atoms. The zero-order valence-electron chi connectivity index (χ0n) is 11.0. The molecule has 0 saturated heterocycles. The largest absolute Gasteiger partial charge is 0.497 e. The molecule has 1 aromatic rings. The molecular weight excluding hydrogens is 214 g/mol. The minimum absolute atomic E-state index is 0.164. The molecule has 0 aliphatic heterocycles. The molecule has 0 amide bonds. The number of aryl methyl sites for hydroxylation is 1. The summed E-state index contributed by atoms with van der Waals surface area (Å²) in [6, 6.07) is 8.09. The third-order valence-electron chi connectivity index (χ3n) is 3.08. The fourth-order valence-corrected chi connectivity index (χ4v) is 1.86. The second-order valence-corrected chi connectivity index (χ2v) is 4.60. The Labute approximate surface area is 104 Å². The van der Waals surface area contributed by atoms with Gasteiger partial charge in [-0.05, 0) is 44.0 Å². The monoisotopic (exact) mass is 237 g/mol. The van der Waals surface area contributed by atoms with Crippen LogP contribution in [0.2, 0.25) is 0 Å². The maximum atomic E-state index is 9.39. The molecule has 0 fully saturated rings. The SMILES string of the molecule is CCNC(C)(CO)CCc1ccc(OC)cc1. The van der Waals surface area contributed by atoms with Crippen molar-refractivity contribution < 1.29 is 9.84 Å². The van der Waals surface area contributed by atoms with Gasteiger partial charge in [-0.3, -0.25) is 0 Å². The second-order valence-electron chi connectivity index (χ2n) is 4.60. The number of benzene rings is 1. The summed E-state index contributed by atoms with van der Waals surface area (Å²) in [5.74, 6) is 0.880. The Morgan fingerprint density at radius 2 is 1.94 bits per heavy atom. The molecular formula is C14H23NO2. The summed E-state index contributed by atoms with van der Waals surface area (Å²) < 4.78 is 5.12. The van der Waals surface area contributed by atoms with Gasteiger partial charge in [-0.2, -0.15) is 0 Å². The molecule has 17 heavy (non-hydrogen) atoms. The van der Waals surface area contributed by atoms with Gasteiger partial charge >= 0.3 is 0 Å². The van der Waals surface area contributed by atoms with Crippen LogP contribution < -0.4 is 10.1 Å². The minimum atomic E-state index is -0.186. The molecule has 0 aliphatic rings. The van der Waals surface area contributed by atoms with E-state index in [-0.39, 0.29) is 12.1 Å². The minimum Gasteiger partial charge on any atom is -0.497 e. The lowest BCUT2D eigenvalue weighted by Gasteiger charge is -2.28. The van der Waals surface area contributed by atoms with Crippen LogP contribution >= 0.6 is 0 Å². The molecule has 0 aliphatic carbocycles. The van der Waals surface area contributed by atoms with Crippen molar-refractivity contribution in [2.45, 2.75) is 32.2 Å². The van der Waals surface area contributed by atoms with Gasteiger partial charge in [0.25, 0.3) is 0 Å². The fraction of sp³-hybridized carbons (Fsp3) is 0.571. The normalized spacial score (nSPS) is 14.4. The second kappa shape index (κ2) is 6.62. The first-order chi connectivity index (χ1) is 8.13. The Kier molecular flexibility index (Phi) is 5.45. The summed E-state index contributed by atoms with van der Waals surface area (Å²) >= 11 is 0. The van der Waals surface area contributed by atoms with Crippen molar-refractivity contribution in [2.75, 3.05) is 20.3 Å². The van der Waals surface area contributed by atoms with E-state index in [1.165, 1.54) is 5.56 Å². The molecule has 0 aromatic heterocycles. The van der Waals surface area contributed by atoms with Gasteiger partial charge in [-0.1, -0.05) is 19.1 Å². The van der Waals surface area contributed by atoms with Gasteiger partial charge in [-0.25, -0.2) is 0 Å². The van der Waals surface area contributed by atoms with E-state index in [0.717, 1.165) is 25.1 Å². The topological polar surface area (TPSA) is 41.5 Å². The quantitative estimate of drug-likeness (QED) is 0.762. The third kappa shape index (κ3) is 4.36. The predicted molar refractivity (Wildman–Crippen MR) is 70.5 cm³/mol. The highest BCUT2D eigenvalue weighted by Crippen LogP contribution is 2.16. The first-order valence-corrected chi connectivity index (χ1v) is 6.12. The Morgan fingerprint density at radius 3 is 2.41 bits per heavy atom. The Bertz CT molecular complexity index is 323. The molecule has 2 N–H and O–H groups in total. The standard InChI is InChI=1S/C14H23NO2/c1-4-15-14(2,11-16)10-9-12-5-7-13(17-3)8-6-12/h5-8,15-16H,4,9-11H2,1-3H3. The fourth-order valence-electron chi connectivity index (χ4n) is 1.86. The lowest BCUT2D eigenvalue weighted by atomic mass is 9.94. The number of likely N-dealkylation sites (N-methyl/N-ethyl adjacent to an activating group) is 1. The average molecular weight is 237 g/mol. The van der Waals surface area contributed by atoms with Crippen LogP contribution in [0.15, 0.2) is 24.3 Å². The van der Waals surface area contributed by atoms with Crippen LogP contribution in [-0.4, -0.2) is 30.9 Å². The molecule has 0 spiro atoms. The zero-order chi connectivity index (χ0) is 12.7. The lowest BCUT2D eigenvalue weighted by molar-refractivity contribution is 0.168. The van der Waals surface area contributed by atoms with Gasteiger partial charge in [0.05, 0.1) is 13.7 Å². The van der Waals surface area contributed by atoms with Crippen molar-refractivity contribution in [3.05, 3.63) is 29.8 Å².